The zero-order valence-corrected chi connectivity index (χ0v) is 12.5. The van der Waals surface area contributed by atoms with Crippen molar-refractivity contribution in [2.24, 2.45) is 11.8 Å². The largest absolute Gasteiger partial charge is 0.393 e. The van der Waals surface area contributed by atoms with E-state index in [1.54, 1.807) is 0 Å². The number of fused-ring (bicyclic) bond motifs is 3. The molecule has 2 unspecified atom stereocenters. The fourth-order valence-electron chi connectivity index (χ4n) is 3.97. The fourth-order valence-corrected chi connectivity index (χ4v) is 3.97. The van der Waals surface area contributed by atoms with Crippen LogP contribution in [0.5, 0.6) is 0 Å². The van der Waals surface area contributed by atoms with E-state index in [0.29, 0.717) is 10.9 Å². The van der Waals surface area contributed by atoms with E-state index in [-0.39, 0.29) is 41.1 Å². The Kier molecular flexibility index (Phi) is 3.37. The third-order valence-electron chi connectivity index (χ3n) is 5.14. The average Bonchev–Trinajstić information content (AvgIpc) is 2.76. The van der Waals surface area contributed by atoms with Gasteiger partial charge in [0.05, 0.1) is 29.5 Å². The Bertz CT molecular complexity index is 804. The monoisotopic (exact) mass is 314 g/mol. The van der Waals surface area contributed by atoms with Gasteiger partial charge in [0.1, 0.15) is 5.69 Å². The smallest absolute Gasteiger partial charge is 0.270 e. The Morgan fingerprint density at radius 3 is 2.74 bits per heavy atom. The first-order chi connectivity index (χ1) is 11.1. The number of nitrogens with one attached hydrogen (secondary N) is 2. The standard InChI is InChI=1S/C16H18N4O3/c21-14-8-1-2-9(14)4-10(3-8)20-16(23)12-5-11-13(6-17-12)18-7-19-15(11)22/h5-10,14,21H,1-4H2,(H,20,23)(H,18,19,22)/t8-,9+,10?,14?. The van der Waals surface area contributed by atoms with E-state index in [1.165, 1.54) is 18.6 Å². The third-order valence-corrected chi connectivity index (χ3v) is 5.14. The summed E-state index contributed by atoms with van der Waals surface area (Å²) in [4.78, 5) is 34.8. The number of aliphatic hydroxyl groups is 1. The number of aliphatic hydroxyl groups excluding tert-OH is 1. The molecule has 120 valence electrons. The molecule has 0 spiro atoms. The third kappa shape index (κ3) is 2.50. The zero-order valence-electron chi connectivity index (χ0n) is 12.5. The maximum absolute atomic E-state index is 12.4. The van der Waals surface area contributed by atoms with E-state index >= 15 is 0 Å². The van der Waals surface area contributed by atoms with E-state index in [4.69, 9.17) is 0 Å². The lowest BCUT2D eigenvalue weighted by molar-refractivity contribution is 0.0452. The SMILES string of the molecule is O=C(NC1C[C@H]2CC[C@@H](C1)C2O)c1cc2c(=O)[nH]cnc2cn1. The number of aromatic amines is 1. The number of H-pyrrole nitrogens is 1. The number of hydrogen-bond acceptors (Lipinski definition) is 5. The molecule has 2 aromatic heterocycles. The van der Waals surface area contributed by atoms with Crippen LogP contribution in [0.25, 0.3) is 10.9 Å². The fraction of sp³-hybridized carbons (Fsp3) is 0.500. The normalized spacial score (nSPS) is 29.6. The minimum atomic E-state index is -0.287. The van der Waals surface area contributed by atoms with Gasteiger partial charge < -0.3 is 15.4 Å². The van der Waals surface area contributed by atoms with Gasteiger partial charge in [-0.1, -0.05) is 0 Å². The molecule has 3 N–H and O–H groups in total. The highest BCUT2D eigenvalue weighted by atomic mass is 16.3. The van der Waals surface area contributed by atoms with Crippen molar-refractivity contribution in [3.8, 4) is 0 Å². The van der Waals surface area contributed by atoms with Crippen molar-refractivity contribution in [3.63, 3.8) is 0 Å². The Morgan fingerprint density at radius 2 is 2.00 bits per heavy atom. The van der Waals surface area contributed by atoms with Crippen molar-refractivity contribution in [1.29, 1.82) is 0 Å². The molecule has 0 radical (unpaired) electrons. The summed E-state index contributed by atoms with van der Waals surface area (Å²) in [5.74, 6) is 0.294. The van der Waals surface area contributed by atoms with Gasteiger partial charge in [0.15, 0.2) is 0 Å². The molecule has 2 bridgehead atoms. The first-order valence-electron chi connectivity index (χ1n) is 7.94. The van der Waals surface area contributed by atoms with Crippen molar-refractivity contribution < 1.29 is 9.90 Å². The molecule has 4 atom stereocenters. The molecule has 2 aromatic rings. The zero-order chi connectivity index (χ0) is 16.0. The average molecular weight is 314 g/mol. The Morgan fingerprint density at radius 1 is 1.26 bits per heavy atom. The van der Waals surface area contributed by atoms with E-state index < -0.39 is 0 Å². The first kappa shape index (κ1) is 14.3. The summed E-state index contributed by atoms with van der Waals surface area (Å²) in [5, 5.41) is 13.4. The first-order valence-corrected chi connectivity index (χ1v) is 7.94. The van der Waals surface area contributed by atoms with Crippen LogP contribution in [0.2, 0.25) is 0 Å². The summed E-state index contributed by atoms with van der Waals surface area (Å²) in [6, 6.07) is 1.54. The molecule has 2 aliphatic carbocycles. The van der Waals surface area contributed by atoms with Gasteiger partial charge in [0.25, 0.3) is 11.5 Å². The summed E-state index contributed by atoms with van der Waals surface area (Å²) in [6.07, 6.45) is 6.22. The van der Waals surface area contributed by atoms with Gasteiger partial charge in [-0.3, -0.25) is 9.59 Å². The molecule has 0 saturated heterocycles. The lowest BCUT2D eigenvalue weighted by atomic mass is 9.83. The predicted octanol–water partition coefficient (Wildman–Crippen LogP) is 0.597. The second-order valence-corrected chi connectivity index (χ2v) is 6.55. The van der Waals surface area contributed by atoms with Crippen LogP contribution < -0.4 is 10.9 Å². The van der Waals surface area contributed by atoms with Crippen LogP contribution in [0, 0.1) is 11.8 Å². The van der Waals surface area contributed by atoms with Gasteiger partial charge in [-0.15, -0.1) is 0 Å². The van der Waals surface area contributed by atoms with Gasteiger partial charge in [0.2, 0.25) is 0 Å². The number of hydrogen-bond donors (Lipinski definition) is 3. The molecule has 7 heteroatoms. The van der Waals surface area contributed by atoms with Gasteiger partial charge in [-0.2, -0.15) is 0 Å². The number of pyridine rings is 1. The minimum absolute atomic E-state index is 0.0630. The van der Waals surface area contributed by atoms with Crippen LogP contribution in [0.3, 0.4) is 0 Å². The second-order valence-electron chi connectivity index (χ2n) is 6.55. The number of amides is 1. The number of nitrogens with zero attached hydrogens (tertiary/aromatic N) is 2. The van der Waals surface area contributed by atoms with Crippen molar-refractivity contribution in [3.05, 3.63) is 34.6 Å². The van der Waals surface area contributed by atoms with Crippen LogP contribution in [0.4, 0.5) is 0 Å². The van der Waals surface area contributed by atoms with Crippen molar-refractivity contribution in [2.75, 3.05) is 0 Å². The molecule has 2 heterocycles. The van der Waals surface area contributed by atoms with Gasteiger partial charge in [-0.25, -0.2) is 9.97 Å². The van der Waals surface area contributed by atoms with Gasteiger partial charge in [0, 0.05) is 6.04 Å². The number of carbonyl (C=O) groups is 1. The highest BCUT2D eigenvalue weighted by Gasteiger charge is 2.42. The molecule has 1 amide bonds. The number of aromatic nitrogens is 3. The number of rotatable bonds is 2. The lowest BCUT2D eigenvalue weighted by Crippen LogP contribution is -2.43. The van der Waals surface area contributed by atoms with Crippen molar-refractivity contribution >= 4 is 16.8 Å². The van der Waals surface area contributed by atoms with Crippen molar-refractivity contribution in [1.82, 2.24) is 20.3 Å². The molecular formula is C16H18N4O3. The second kappa shape index (κ2) is 5.42. The highest BCUT2D eigenvalue weighted by molar-refractivity contribution is 5.95. The van der Waals surface area contributed by atoms with E-state index in [9.17, 15) is 14.7 Å². The lowest BCUT2D eigenvalue weighted by Gasteiger charge is -2.32. The summed E-state index contributed by atoms with van der Waals surface area (Å²) < 4.78 is 0. The van der Waals surface area contributed by atoms with Gasteiger partial charge >= 0.3 is 0 Å². The van der Waals surface area contributed by atoms with Crippen molar-refractivity contribution in [2.45, 2.75) is 37.8 Å². The van der Waals surface area contributed by atoms with Crippen LogP contribution in [0.1, 0.15) is 36.2 Å². The molecule has 2 aliphatic rings. The van der Waals surface area contributed by atoms with E-state index in [1.807, 2.05) is 0 Å². The van der Waals surface area contributed by atoms with E-state index in [0.717, 1.165) is 25.7 Å². The Balaban J connectivity index is 1.53. The van der Waals surface area contributed by atoms with E-state index in [2.05, 4.69) is 20.3 Å². The quantitative estimate of drug-likeness (QED) is 0.752. The van der Waals surface area contributed by atoms with Crippen LogP contribution in [-0.4, -0.2) is 38.1 Å². The van der Waals surface area contributed by atoms with Crippen LogP contribution in [0.15, 0.2) is 23.4 Å². The number of carbonyl (C=O) groups excluding carboxylic acids is 1. The predicted molar refractivity (Wildman–Crippen MR) is 82.9 cm³/mol. The minimum Gasteiger partial charge on any atom is -0.393 e. The summed E-state index contributed by atoms with van der Waals surface area (Å²) >= 11 is 0. The molecule has 0 aromatic carbocycles. The molecule has 7 nitrogen and oxygen atoms in total. The maximum Gasteiger partial charge on any atom is 0.270 e. The summed E-state index contributed by atoms with van der Waals surface area (Å²) in [7, 11) is 0. The van der Waals surface area contributed by atoms with Crippen LogP contribution >= 0.6 is 0 Å². The molecule has 23 heavy (non-hydrogen) atoms. The summed E-state index contributed by atoms with van der Waals surface area (Å²) in [5.41, 5.74) is 0.392. The molecular weight excluding hydrogens is 296 g/mol. The molecule has 4 rings (SSSR count). The topological polar surface area (TPSA) is 108 Å². The molecule has 2 saturated carbocycles. The molecule has 0 aliphatic heterocycles. The Labute approximate surface area is 132 Å². The summed E-state index contributed by atoms with van der Waals surface area (Å²) in [6.45, 7) is 0. The molecule has 2 fully saturated rings. The Hall–Kier alpha value is -2.28. The maximum atomic E-state index is 12.4. The van der Waals surface area contributed by atoms with Crippen LogP contribution in [-0.2, 0) is 0 Å². The van der Waals surface area contributed by atoms with Gasteiger partial charge in [-0.05, 0) is 43.6 Å². The highest BCUT2D eigenvalue weighted by Crippen LogP contribution is 2.42.